The number of carbonyl (C=O) groups is 2. The summed E-state index contributed by atoms with van der Waals surface area (Å²) < 4.78 is 21.8. The molecule has 3 heterocycles. The normalized spacial score (nSPS) is 23.6. The highest BCUT2D eigenvalue weighted by Gasteiger charge is 2.45. The number of ether oxygens (including phenoxy) is 1. The number of nitrogens with zero attached hydrogens (tertiary/aromatic N) is 4. The number of carboxylic acids is 2. The van der Waals surface area contributed by atoms with Gasteiger partial charge in [0.05, 0.1) is 12.9 Å². The molecule has 0 aliphatic carbocycles. The van der Waals surface area contributed by atoms with Gasteiger partial charge in [-0.05, 0) is 0 Å². The number of fused-ring (bicyclic) bond motifs is 1. The monoisotopic (exact) mass is 463 g/mol. The molecule has 0 amide bonds. The average Bonchev–Trinajstić information content (AvgIpc) is 3.21. The van der Waals surface area contributed by atoms with Gasteiger partial charge in [-0.3, -0.25) is 9.09 Å². The Morgan fingerprint density at radius 3 is 2.32 bits per heavy atom. The number of aliphatic hydroxyl groups excluding tert-OH is 2. The Balaban J connectivity index is 0.000000366. The molecule has 1 aliphatic rings. The molecule has 0 aromatic carbocycles. The maximum atomic E-state index is 10.7. The highest BCUT2D eigenvalue weighted by Crippen LogP contribution is 2.38. The smallest absolute Gasteiger partial charge is 0.469 e. The standard InChI is InChI=1S/C10H14N5O7P.C4H4O4/c11-8-5-9(13-2-12-8)15(3-14-5)10-7(17)6(16)4(22-10)1-21-23(18,19)20;5-3(6)1-2-4(7)8/h2-4,6-7,10,16-17H,1H2,(H2,11,12,13)(H2,18,19,20);1-2H,(H,5,6)(H,7,8)/b;2-1+/t4-,6-,7-,10-;/m1./s1. The second kappa shape index (κ2) is 9.88. The topological polar surface area (TPSA) is 261 Å². The van der Waals surface area contributed by atoms with Crippen LogP contribution in [0.15, 0.2) is 24.8 Å². The van der Waals surface area contributed by atoms with E-state index in [0.29, 0.717) is 17.7 Å². The van der Waals surface area contributed by atoms with Gasteiger partial charge in [0, 0.05) is 12.2 Å². The van der Waals surface area contributed by atoms with Crippen LogP contribution >= 0.6 is 7.82 Å². The van der Waals surface area contributed by atoms with Crippen LogP contribution < -0.4 is 5.73 Å². The number of aromatic nitrogens is 4. The van der Waals surface area contributed by atoms with Crippen molar-refractivity contribution in [2.75, 3.05) is 12.3 Å². The van der Waals surface area contributed by atoms with Crippen molar-refractivity contribution in [1.82, 2.24) is 19.5 Å². The summed E-state index contributed by atoms with van der Waals surface area (Å²) in [4.78, 5) is 48.3. The van der Waals surface area contributed by atoms with Gasteiger partial charge in [-0.15, -0.1) is 0 Å². The highest BCUT2D eigenvalue weighted by atomic mass is 31.2. The Kier molecular flexibility index (Phi) is 7.75. The lowest BCUT2D eigenvalue weighted by molar-refractivity contribution is -0.134. The van der Waals surface area contributed by atoms with Crippen molar-refractivity contribution in [3.8, 4) is 0 Å². The number of nitrogens with two attached hydrogens (primary N) is 1. The molecule has 170 valence electrons. The van der Waals surface area contributed by atoms with Gasteiger partial charge in [-0.1, -0.05) is 0 Å². The average molecular weight is 463 g/mol. The molecule has 0 unspecified atom stereocenters. The summed E-state index contributed by atoms with van der Waals surface area (Å²) in [5, 5.41) is 35.7. The molecule has 17 heteroatoms. The second-order valence-electron chi connectivity index (χ2n) is 5.93. The summed E-state index contributed by atoms with van der Waals surface area (Å²) in [5.41, 5.74) is 6.25. The molecule has 31 heavy (non-hydrogen) atoms. The largest absolute Gasteiger partial charge is 0.478 e. The first-order valence-corrected chi connectivity index (χ1v) is 9.72. The van der Waals surface area contributed by atoms with Crippen molar-refractivity contribution in [1.29, 1.82) is 0 Å². The fourth-order valence-electron chi connectivity index (χ4n) is 2.47. The number of phosphoric ester groups is 1. The van der Waals surface area contributed by atoms with Gasteiger partial charge in [0.2, 0.25) is 0 Å². The van der Waals surface area contributed by atoms with Crippen molar-refractivity contribution in [3.05, 3.63) is 24.8 Å². The van der Waals surface area contributed by atoms with Crippen LogP contribution in [0.1, 0.15) is 6.23 Å². The van der Waals surface area contributed by atoms with Gasteiger partial charge in [0.25, 0.3) is 0 Å². The van der Waals surface area contributed by atoms with E-state index in [1.165, 1.54) is 17.2 Å². The van der Waals surface area contributed by atoms with Crippen molar-refractivity contribution < 1.29 is 53.6 Å². The molecular formula is C14H18N5O11P. The van der Waals surface area contributed by atoms with Gasteiger partial charge in [0.15, 0.2) is 17.7 Å². The molecule has 8 N–H and O–H groups in total. The van der Waals surface area contributed by atoms with Crippen LogP contribution in [-0.4, -0.2) is 86.6 Å². The van der Waals surface area contributed by atoms with Crippen LogP contribution in [0.2, 0.25) is 0 Å². The van der Waals surface area contributed by atoms with Gasteiger partial charge in [-0.2, -0.15) is 0 Å². The van der Waals surface area contributed by atoms with E-state index in [1.54, 1.807) is 0 Å². The summed E-state index contributed by atoms with van der Waals surface area (Å²) in [6.45, 7) is -0.594. The molecule has 4 atom stereocenters. The number of carboxylic acid groups (broad SMARTS) is 2. The van der Waals surface area contributed by atoms with E-state index < -0.39 is 50.9 Å². The zero-order chi connectivity index (χ0) is 23.3. The molecule has 3 rings (SSSR count). The van der Waals surface area contributed by atoms with E-state index in [2.05, 4.69) is 19.5 Å². The minimum Gasteiger partial charge on any atom is -0.478 e. The zero-order valence-corrected chi connectivity index (χ0v) is 16.3. The van der Waals surface area contributed by atoms with Gasteiger partial charge >= 0.3 is 19.8 Å². The Morgan fingerprint density at radius 1 is 1.16 bits per heavy atom. The van der Waals surface area contributed by atoms with E-state index in [1.807, 2.05) is 0 Å². The third-order valence-corrected chi connectivity index (χ3v) is 4.26. The molecule has 1 aliphatic heterocycles. The molecular weight excluding hydrogens is 445 g/mol. The van der Waals surface area contributed by atoms with Gasteiger partial charge in [0.1, 0.15) is 30.2 Å². The zero-order valence-electron chi connectivity index (χ0n) is 15.4. The van der Waals surface area contributed by atoms with Crippen LogP contribution in [0.4, 0.5) is 5.82 Å². The lowest BCUT2D eigenvalue weighted by Gasteiger charge is -2.16. The van der Waals surface area contributed by atoms with Crippen molar-refractivity contribution >= 4 is 36.7 Å². The van der Waals surface area contributed by atoms with Crippen LogP contribution in [-0.2, 0) is 23.4 Å². The maximum absolute atomic E-state index is 10.7. The minimum absolute atomic E-state index is 0.142. The number of aliphatic hydroxyl groups is 2. The Morgan fingerprint density at radius 2 is 1.77 bits per heavy atom. The second-order valence-corrected chi connectivity index (χ2v) is 7.16. The van der Waals surface area contributed by atoms with Crippen LogP contribution in [0.25, 0.3) is 11.2 Å². The number of nitrogen functional groups attached to an aromatic ring is 1. The molecule has 2 aromatic rings. The lowest BCUT2D eigenvalue weighted by atomic mass is 10.1. The van der Waals surface area contributed by atoms with Crippen LogP contribution in [0.3, 0.4) is 0 Å². The number of imidazole rings is 1. The quantitative estimate of drug-likeness (QED) is 0.178. The third kappa shape index (κ3) is 6.50. The van der Waals surface area contributed by atoms with E-state index in [0.717, 1.165) is 0 Å². The summed E-state index contributed by atoms with van der Waals surface area (Å²) in [5.74, 6) is -2.37. The molecule has 1 fully saturated rings. The number of rotatable bonds is 6. The fourth-order valence-corrected chi connectivity index (χ4v) is 2.81. The van der Waals surface area contributed by atoms with Gasteiger partial charge < -0.3 is 40.7 Å². The number of aliphatic carboxylic acids is 2. The predicted molar refractivity (Wildman–Crippen MR) is 98.1 cm³/mol. The van der Waals surface area contributed by atoms with Gasteiger partial charge in [-0.25, -0.2) is 29.1 Å². The van der Waals surface area contributed by atoms with Crippen LogP contribution in [0, 0.1) is 0 Å². The summed E-state index contributed by atoms with van der Waals surface area (Å²) in [7, 11) is -4.72. The molecule has 0 spiro atoms. The number of anilines is 1. The molecule has 0 bridgehead atoms. The van der Waals surface area contributed by atoms with Crippen LogP contribution in [0.5, 0.6) is 0 Å². The molecule has 0 radical (unpaired) electrons. The number of hydrogen-bond acceptors (Lipinski definition) is 11. The first kappa shape index (κ1) is 24.3. The van der Waals surface area contributed by atoms with E-state index in [4.69, 9.17) is 30.5 Å². The summed E-state index contributed by atoms with van der Waals surface area (Å²) in [6, 6.07) is 0. The maximum Gasteiger partial charge on any atom is 0.469 e. The van der Waals surface area contributed by atoms with E-state index in [-0.39, 0.29) is 11.5 Å². The van der Waals surface area contributed by atoms with Crippen molar-refractivity contribution in [2.24, 2.45) is 0 Å². The van der Waals surface area contributed by atoms with E-state index >= 15 is 0 Å². The number of hydrogen-bond donors (Lipinski definition) is 7. The highest BCUT2D eigenvalue weighted by molar-refractivity contribution is 7.46. The molecule has 2 aromatic heterocycles. The molecule has 16 nitrogen and oxygen atoms in total. The Labute approximate surface area is 172 Å². The van der Waals surface area contributed by atoms with Crippen molar-refractivity contribution in [3.63, 3.8) is 0 Å². The molecule has 1 saturated heterocycles. The number of phosphoric acid groups is 1. The predicted octanol–water partition coefficient (Wildman–Crippen LogP) is -2.15. The van der Waals surface area contributed by atoms with E-state index in [9.17, 15) is 24.4 Å². The first-order chi connectivity index (χ1) is 14.4. The fraction of sp³-hybridized carbons (Fsp3) is 0.357. The SMILES string of the molecule is Nc1ncnc2c1ncn2[C@@H]1O[C@H](COP(=O)(O)O)[C@@H](O)[C@H]1O.O=C(O)/C=C/C(=O)O. The molecule has 0 saturated carbocycles. The minimum atomic E-state index is -4.72. The summed E-state index contributed by atoms with van der Waals surface area (Å²) in [6.07, 6.45) is -1.37. The first-order valence-electron chi connectivity index (χ1n) is 8.19. The summed E-state index contributed by atoms with van der Waals surface area (Å²) >= 11 is 0. The Bertz CT molecular complexity index is 1010. The Hall–Kier alpha value is -2.98. The van der Waals surface area contributed by atoms with Crippen molar-refractivity contribution in [2.45, 2.75) is 24.5 Å². The third-order valence-electron chi connectivity index (χ3n) is 3.77. The lowest BCUT2D eigenvalue weighted by Crippen LogP contribution is -2.33.